The highest BCUT2D eigenvalue weighted by Crippen LogP contribution is 2.39. The van der Waals surface area contributed by atoms with Crippen molar-refractivity contribution in [2.75, 3.05) is 19.7 Å². The number of nitrogens with zero attached hydrogens (tertiary/aromatic N) is 1. The molecule has 0 radical (unpaired) electrons. The lowest BCUT2D eigenvalue weighted by atomic mass is 9.97. The molecule has 3 aromatic rings. The summed E-state index contributed by atoms with van der Waals surface area (Å²) >= 11 is 0. The number of morpholine rings is 1. The summed E-state index contributed by atoms with van der Waals surface area (Å²) < 4.78 is 85.2. The number of alkyl halides is 6. The van der Waals surface area contributed by atoms with Crippen LogP contribution in [-0.4, -0.2) is 41.7 Å². The van der Waals surface area contributed by atoms with Gasteiger partial charge in [-0.3, -0.25) is 0 Å². The zero-order chi connectivity index (χ0) is 29.2. The van der Waals surface area contributed by atoms with E-state index in [0.29, 0.717) is 23.3 Å². The van der Waals surface area contributed by atoms with E-state index in [1.807, 2.05) is 0 Å². The molecule has 2 unspecified atom stereocenters. The van der Waals surface area contributed by atoms with Crippen molar-refractivity contribution >= 4 is 12.0 Å². The number of carbonyl (C=O) groups excluding carboxylic acids is 1. The highest BCUT2D eigenvalue weighted by atomic mass is 19.4. The van der Waals surface area contributed by atoms with Gasteiger partial charge in [0.2, 0.25) is 0 Å². The first-order chi connectivity index (χ1) is 18.7. The fourth-order valence-corrected chi connectivity index (χ4v) is 4.47. The Hall–Kier alpha value is -4.06. The van der Waals surface area contributed by atoms with E-state index in [1.54, 1.807) is 25.1 Å². The molecule has 3 aromatic carbocycles. The largest absolute Gasteiger partial charge is 0.478 e. The molecular formula is C28H24F6N2O4. The first-order valence-corrected chi connectivity index (χ1v) is 12.1. The monoisotopic (exact) mass is 566 g/mol. The van der Waals surface area contributed by atoms with Crippen LogP contribution < -0.4 is 5.32 Å². The summed E-state index contributed by atoms with van der Waals surface area (Å²) in [4.78, 5) is 25.9. The molecule has 4 rings (SSSR count). The second-order valence-electron chi connectivity index (χ2n) is 9.29. The van der Waals surface area contributed by atoms with Gasteiger partial charge in [-0.2, -0.15) is 26.3 Å². The molecule has 0 aromatic heterocycles. The molecule has 2 atom stereocenters. The number of nitrogens with one attached hydrogen (secondary N) is 1. The molecule has 1 aliphatic rings. The lowest BCUT2D eigenvalue weighted by molar-refractivity contribution is -0.143. The summed E-state index contributed by atoms with van der Waals surface area (Å²) in [5, 5.41) is 12.2. The third kappa shape index (κ3) is 6.56. The molecule has 0 bridgehead atoms. The minimum atomic E-state index is -4.96. The van der Waals surface area contributed by atoms with E-state index in [1.165, 1.54) is 35.2 Å². The zero-order valence-electron chi connectivity index (χ0n) is 21.0. The number of halogens is 6. The number of benzene rings is 3. The summed E-state index contributed by atoms with van der Waals surface area (Å²) in [6.07, 6.45) is -10.5. The average molecular weight is 566 g/mol. The van der Waals surface area contributed by atoms with Gasteiger partial charge in [0.25, 0.3) is 0 Å². The van der Waals surface area contributed by atoms with Gasteiger partial charge in [-0.05, 0) is 53.4 Å². The lowest BCUT2D eigenvalue weighted by Crippen LogP contribution is -2.47. The third-order valence-electron chi connectivity index (χ3n) is 6.55. The number of aromatic carboxylic acids is 1. The first-order valence-electron chi connectivity index (χ1n) is 12.1. The third-order valence-corrected chi connectivity index (χ3v) is 6.55. The van der Waals surface area contributed by atoms with Crippen molar-refractivity contribution in [2.45, 2.75) is 31.4 Å². The van der Waals surface area contributed by atoms with Crippen LogP contribution in [0.4, 0.5) is 31.1 Å². The van der Waals surface area contributed by atoms with Crippen molar-refractivity contribution in [1.29, 1.82) is 0 Å². The van der Waals surface area contributed by atoms with Crippen molar-refractivity contribution in [3.8, 4) is 11.1 Å². The Kier molecular flexibility index (Phi) is 8.10. The zero-order valence-corrected chi connectivity index (χ0v) is 21.0. The van der Waals surface area contributed by atoms with E-state index in [4.69, 9.17) is 4.74 Å². The highest BCUT2D eigenvalue weighted by molar-refractivity contribution is 5.89. The molecule has 0 saturated carbocycles. The van der Waals surface area contributed by atoms with Gasteiger partial charge in [0.1, 0.15) is 6.10 Å². The quantitative estimate of drug-likeness (QED) is 0.328. The van der Waals surface area contributed by atoms with Crippen LogP contribution in [-0.2, 0) is 17.1 Å². The standard InChI is InChI=1S/C28H24F6N2O4/c1-16(22-4-2-3-5-23(22)25(37)38)35-26(39)36-10-11-40-24(15-36)18-8-6-17(7-9-18)19-12-20(27(29,30)31)14-21(13-19)28(32,33)34/h2-9,12-14,16,24H,10-11,15H2,1H3,(H,35,39)(H,37,38). The van der Waals surface area contributed by atoms with E-state index in [9.17, 15) is 41.0 Å². The number of hydrogen-bond acceptors (Lipinski definition) is 3. The van der Waals surface area contributed by atoms with E-state index < -0.39 is 47.6 Å². The van der Waals surface area contributed by atoms with E-state index in [2.05, 4.69) is 5.32 Å². The van der Waals surface area contributed by atoms with E-state index in [-0.39, 0.29) is 42.5 Å². The number of carboxylic acid groups (broad SMARTS) is 1. The Bertz CT molecular complexity index is 1360. The molecule has 2 amide bonds. The van der Waals surface area contributed by atoms with Crippen molar-refractivity contribution in [3.05, 3.63) is 94.5 Å². The van der Waals surface area contributed by atoms with Crippen LogP contribution in [0.25, 0.3) is 11.1 Å². The smallest absolute Gasteiger partial charge is 0.416 e. The molecule has 0 spiro atoms. The topological polar surface area (TPSA) is 78.9 Å². The fraction of sp³-hybridized carbons (Fsp3) is 0.286. The Morgan fingerprint density at radius 2 is 1.52 bits per heavy atom. The SMILES string of the molecule is CC(NC(=O)N1CCOC(c2ccc(-c3cc(C(F)(F)F)cc(C(F)(F)F)c3)cc2)C1)c1ccccc1C(=O)O. The number of carbonyl (C=O) groups is 2. The van der Waals surface area contributed by atoms with Crippen LogP contribution >= 0.6 is 0 Å². The van der Waals surface area contributed by atoms with Gasteiger partial charge in [0.15, 0.2) is 0 Å². The Morgan fingerprint density at radius 1 is 0.925 bits per heavy atom. The molecule has 40 heavy (non-hydrogen) atoms. The summed E-state index contributed by atoms with van der Waals surface area (Å²) in [6, 6.07) is 12.5. The molecule has 2 N–H and O–H groups in total. The first kappa shape index (κ1) is 28.9. The second kappa shape index (κ2) is 11.2. The predicted molar refractivity (Wildman–Crippen MR) is 132 cm³/mol. The average Bonchev–Trinajstić information content (AvgIpc) is 2.92. The number of urea groups is 1. The van der Waals surface area contributed by atoms with Gasteiger partial charge < -0.3 is 20.1 Å². The van der Waals surface area contributed by atoms with Gasteiger partial charge in [-0.15, -0.1) is 0 Å². The van der Waals surface area contributed by atoms with Crippen molar-refractivity contribution in [3.63, 3.8) is 0 Å². The van der Waals surface area contributed by atoms with Crippen molar-refractivity contribution in [1.82, 2.24) is 10.2 Å². The summed E-state index contributed by atoms with van der Waals surface area (Å²) in [7, 11) is 0. The normalized spacial score (nSPS) is 16.9. The minimum Gasteiger partial charge on any atom is -0.478 e. The summed E-state index contributed by atoms with van der Waals surface area (Å²) in [5.74, 6) is -1.12. The molecule has 6 nitrogen and oxygen atoms in total. The van der Waals surface area contributed by atoms with E-state index >= 15 is 0 Å². The number of amides is 2. The van der Waals surface area contributed by atoms with Crippen LogP contribution in [0.15, 0.2) is 66.7 Å². The molecule has 12 heteroatoms. The maximum absolute atomic E-state index is 13.2. The summed E-state index contributed by atoms with van der Waals surface area (Å²) in [5.41, 5.74) is -1.82. The maximum atomic E-state index is 13.2. The molecule has 0 aliphatic carbocycles. The minimum absolute atomic E-state index is 0.0679. The lowest BCUT2D eigenvalue weighted by Gasteiger charge is -2.34. The Balaban J connectivity index is 1.49. The molecule has 1 saturated heterocycles. The van der Waals surface area contributed by atoms with Crippen LogP contribution in [0.1, 0.15) is 51.7 Å². The molecule has 1 heterocycles. The van der Waals surface area contributed by atoms with Crippen molar-refractivity contribution < 1.29 is 45.8 Å². The van der Waals surface area contributed by atoms with Gasteiger partial charge in [0, 0.05) is 6.54 Å². The highest BCUT2D eigenvalue weighted by Gasteiger charge is 2.37. The second-order valence-corrected chi connectivity index (χ2v) is 9.29. The van der Waals surface area contributed by atoms with Crippen LogP contribution in [0.2, 0.25) is 0 Å². The van der Waals surface area contributed by atoms with Gasteiger partial charge in [0.05, 0.1) is 35.9 Å². The fourth-order valence-electron chi connectivity index (χ4n) is 4.47. The molecule has 212 valence electrons. The van der Waals surface area contributed by atoms with Crippen LogP contribution in [0.3, 0.4) is 0 Å². The maximum Gasteiger partial charge on any atom is 0.416 e. The van der Waals surface area contributed by atoms with Crippen molar-refractivity contribution in [2.24, 2.45) is 0 Å². The number of ether oxygens (including phenoxy) is 1. The Morgan fingerprint density at radius 3 is 2.10 bits per heavy atom. The number of rotatable bonds is 5. The number of carboxylic acids is 1. The molecular weight excluding hydrogens is 542 g/mol. The van der Waals surface area contributed by atoms with E-state index in [0.717, 1.165) is 0 Å². The van der Waals surface area contributed by atoms with Gasteiger partial charge in [-0.1, -0.05) is 42.5 Å². The van der Waals surface area contributed by atoms with Gasteiger partial charge >= 0.3 is 24.4 Å². The molecule has 1 aliphatic heterocycles. The molecule has 1 fully saturated rings. The van der Waals surface area contributed by atoms with Crippen LogP contribution in [0, 0.1) is 0 Å². The Labute approximate surface area is 225 Å². The van der Waals surface area contributed by atoms with Crippen LogP contribution in [0.5, 0.6) is 0 Å². The summed E-state index contributed by atoms with van der Waals surface area (Å²) in [6.45, 7) is 2.23. The number of hydrogen-bond donors (Lipinski definition) is 2. The predicted octanol–water partition coefficient (Wildman–Crippen LogP) is 6.93. The van der Waals surface area contributed by atoms with Gasteiger partial charge in [-0.25, -0.2) is 9.59 Å².